The molecular formula is C19H34ClN2-. The van der Waals surface area contributed by atoms with Gasteiger partial charge >= 0.3 is 0 Å². The molecule has 0 aromatic heterocycles. The van der Waals surface area contributed by atoms with Crippen molar-refractivity contribution in [3.05, 3.63) is 0 Å². The van der Waals surface area contributed by atoms with E-state index in [2.05, 4.69) is 38.3 Å². The lowest BCUT2D eigenvalue weighted by Gasteiger charge is -2.56. The smallest absolute Gasteiger partial charge is 0.0144 e. The fourth-order valence-corrected chi connectivity index (χ4v) is 6.91. The number of piperidine rings is 1. The van der Waals surface area contributed by atoms with Crippen molar-refractivity contribution in [1.82, 2.24) is 10.6 Å². The van der Waals surface area contributed by atoms with Gasteiger partial charge < -0.3 is 23.0 Å². The van der Waals surface area contributed by atoms with Crippen molar-refractivity contribution in [3.63, 3.8) is 0 Å². The number of rotatable bonds is 2. The minimum atomic E-state index is 0. The van der Waals surface area contributed by atoms with Gasteiger partial charge in [0, 0.05) is 23.2 Å². The van der Waals surface area contributed by atoms with Crippen LogP contribution in [0.25, 0.3) is 0 Å². The largest absolute Gasteiger partial charge is 1.00 e. The zero-order valence-electron chi connectivity index (χ0n) is 14.8. The Morgan fingerprint density at radius 3 is 1.68 bits per heavy atom. The summed E-state index contributed by atoms with van der Waals surface area (Å²) in [6, 6.07) is 1.55. The lowest BCUT2D eigenvalue weighted by Crippen LogP contribution is -3.00. The average Bonchev–Trinajstić information content (AvgIpc) is 2.28. The summed E-state index contributed by atoms with van der Waals surface area (Å²) in [5.41, 5.74) is 0.538. The molecule has 0 aromatic carbocycles. The maximum atomic E-state index is 4.17. The summed E-state index contributed by atoms with van der Waals surface area (Å²) in [5.74, 6) is 4.18. The monoisotopic (exact) mass is 325 g/mol. The third-order valence-electron chi connectivity index (χ3n) is 6.85. The first-order valence-electron chi connectivity index (χ1n) is 9.35. The normalized spacial score (nSPS) is 45.5. The van der Waals surface area contributed by atoms with E-state index in [0.29, 0.717) is 6.04 Å². The Morgan fingerprint density at radius 2 is 1.23 bits per heavy atom. The summed E-state index contributed by atoms with van der Waals surface area (Å²) < 4.78 is 0. The highest BCUT2D eigenvalue weighted by Gasteiger charge is 2.49. The number of nitrogens with one attached hydrogen (secondary N) is 2. The Balaban J connectivity index is 0.00000144. The molecule has 1 heterocycles. The maximum absolute atomic E-state index is 4.17. The minimum Gasteiger partial charge on any atom is -1.00 e. The fourth-order valence-electron chi connectivity index (χ4n) is 6.91. The van der Waals surface area contributed by atoms with Gasteiger partial charge in [0.25, 0.3) is 0 Å². The Morgan fingerprint density at radius 1 is 0.773 bits per heavy atom. The molecule has 0 unspecified atom stereocenters. The van der Waals surface area contributed by atoms with E-state index in [1.54, 1.807) is 6.42 Å². The summed E-state index contributed by atoms with van der Waals surface area (Å²) in [7, 11) is 0. The molecule has 0 atom stereocenters. The van der Waals surface area contributed by atoms with E-state index in [1.165, 1.54) is 38.5 Å². The van der Waals surface area contributed by atoms with Crippen LogP contribution in [0.15, 0.2) is 0 Å². The molecule has 5 aliphatic rings. The predicted octanol–water partition coefficient (Wildman–Crippen LogP) is 0.714. The highest BCUT2D eigenvalue weighted by molar-refractivity contribution is 5.05. The first kappa shape index (κ1) is 17.0. The first-order valence-corrected chi connectivity index (χ1v) is 9.35. The van der Waals surface area contributed by atoms with Gasteiger partial charge in [-0.25, -0.2) is 0 Å². The molecule has 0 amide bonds. The topological polar surface area (TPSA) is 24.1 Å². The molecule has 22 heavy (non-hydrogen) atoms. The Labute approximate surface area is 143 Å². The van der Waals surface area contributed by atoms with Crippen LogP contribution < -0.4 is 23.0 Å². The second-order valence-corrected chi connectivity index (χ2v) is 10.1. The summed E-state index contributed by atoms with van der Waals surface area (Å²) in [6.45, 7) is 9.50. The van der Waals surface area contributed by atoms with Crippen molar-refractivity contribution in [2.45, 2.75) is 95.8 Å². The number of halogens is 1. The van der Waals surface area contributed by atoms with Crippen LogP contribution in [0, 0.1) is 23.7 Å². The van der Waals surface area contributed by atoms with Gasteiger partial charge in [-0.05, 0) is 96.3 Å². The molecule has 5 rings (SSSR count). The Bertz CT molecular complexity index is 374. The average molecular weight is 326 g/mol. The Hall–Kier alpha value is 0.210. The predicted molar refractivity (Wildman–Crippen MR) is 88.3 cm³/mol. The maximum Gasteiger partial charge on any atom is 0.0144 e. The first-order chi connectivity index (χ1) is 9.80. The quantitative estimate of drug-likeness (QED) is 0.781. The summed E-state index contributed by atoms with van der Waals surface area (Å²) >= 11 is 0. The molecule has 0 spiro atoms. The van der Waals surface area contributed by atoms with E-state index in [-0.39, 0.29) is 23.5 Å². The van der Waals surface area contributed by atoms with Gasteiger partial charge in [0.05, 0.1) is 0 Å². The molecule has 0 aromatic rings. The van der Waals surface area contributed by atoms with Crippen LogP contribution in [-0.4, -0.2) is 23.2 Å². The molecule has 128 valence electrons. The van der Waals surface area contributed by atoms with Gasteiger partial charge in [0.15, 0.2) is 0 Å². The van der Waals surface area contributed by atoms with E-state index >= 15 is 0 Å². The van der Waals surface area contributed by atoms with Crippen LogP contribution in [0.5, 0.6) is 0 Å². The molecule has 4 aliphatic carbocycles. The van der Waals surface area contributed by atoms with Gasteiger partial charge in [-0.2, -0.15) is 0 Å². The molecule has 5 fully saturated rings. The molecule has 4 bridgehead atoms. The van der Waals surface area contributed by atoms with Crippen LogP contribution in [0.1, 0.15) is 72.6 Å². The van der Waals surface area contributed by atoms with Crippen LogP contribution in [0.3, 0.4) is 0 Å². The van der Waals surface area contributed by atoms with Gasteiger partial charge in [0.2, 0.25) is 0 Å². The third kappa shape index (κ3) is 3.21. The van der Waals surface area contributed by atoms with E-state index < -0.39 is 0 Å². The lowest BCUT2D eigenvalue weighted by molar-refractivity contribution is -0.0234. The van der Waals surface area contributed by atoms with Gasteiger partial charge in [-0.1, -0.05) is 0 Å². The summed E-state index contributed by atoms with van der Waals surface area (Å²) in [4.78, 5) is 0. The molecule has 1 saturated heterocycles. The minimum absolute atomic E-state index is 0. The zero-order chi connectivity index (χ0) is 14.8. The van der Waals surface area contributed by atoms with Crippen molar-refractivity contribution >= 4 is 0 Å². The molecule has 1 aliphatic heterocycles. The molecular weight excluding hydrogens is 292 g/mol. The molecule has 0 radical (unpaired) electrons. The van der Waals surface area contributed by atoms with Crippen molar-refractivity contribution in [2.75, 3.05) is 0 Å². The van der Waals surface area contributed by atoms with Crippen LogP contribution in [-0.2, 0) is 0 Å². The van der Waals surface area contributed by atoms with E-state index in [9.17, 15) is 0 Å². The van der Waals surface area contributed by atoms with Crippen molar-refractivity contribution in [1.29, 1.82) is 0 Å². The third-order valence-corrected chi connectivity index (χ3v) is 6.85. The second-order valence-electron chi connectivity index (χ2n) is 10.1. The van der Waals surface area contributed by atoms with Crippen molar-refractivity contribution in [2.24, 2.45) is 23.7 Å². The van der Waals surface area contributed by atoms with Crippen molar-refractivity contribution < 1.29 is 12.4 Å². The van der Waals surface area contributed by atoms with E-state index in [0.717, 1.165) is 29.7 Å². The Kier molecular flexibility index (Phi) is 4.37. The molecule has 2 nitrogen and oxygen atoms in total. The van der Waals surface area contributed by atoms with Gasteiger partial charge in [-0.15, -0.1) is 0 Å². The van der Waals surface area contributed by atoms with Crippen LogP contribution in [0.2, 0.25) is 0 Å². The van der Waals surface area contributed by atoms with E-state index in [4.69, 9.17) is 0 Å². The van der Waals surface area contributed by atoms with Gasteiger partial charge in [0.1, 0.15) is 0 Å². The fraction of sp³-hybridized carbons (Fsp3) is 1.00. The van der Waals surface area contributed by atoms with Crippen LogP contribution >= 0.6 is 0 Å². The number of hydrogen-bond acceptors (Lipinski definition) is 2. The SMILES string of the molecule is CC1(C)CC(NC2C3CC4CC(C3)CC2C4)CC(C)(C)N1.[Cl-]. The van der Waals surface area contributed by atoms with E-state index in [1.807, 2.05) is 0 Å². The highest BCUT2D eigenvalue weighted by atomic mass is 35.5. The summed E-state index contributed by atoms with van der Waals surface area (Å²) in [6.07, 6.45) is 10.2. The second kappa shape index (κ2) is 5.63. The zero-order valence-corrected chi connectivity index (χ0v) is 15.5. The molecule has 3 heteroatoms. The lowest BCUT2D eigenvalue weighted by atomic mass is 9.54. The van der Waals surface area contributed by atoms with Crippen molar-refractivity contribution in [3.8, 4) is 0 Å². The van der Waals surface area contributed by atoms with Crippen LogP contribution in [0.4, 0.5) is 0 Å². The summed E-state index contributed by atoms with van der Waals surface area (Å²) in [5, 5.41) is 8.00. The standard InChI is InChI=1S/C19H34N2.ClH/c1-18(2)10-16(11-19(3,4)21-18)20-17-14-6-12-5-13(8-14)9-15(17)7-12;/h12-17,20-21H,5-11H2,1-4H3;1H/p-1. The number of hydrogen-bond donors (Lipinski definition) is 2. The van der Waals surface area contributed by atoms with Gasteiger partial charge in [-0.3, -0.25) is 0 Å². The molecule has 4 saturated carbocycles. The highest BCUT2D eigenvalue weighted by Crippen LogP contribution is 2.54. The molecule has 2 N–H and O–H groups in total.